The van der Waals surface area contributed by atoms with E-state index in [4.69, 9.17) is 0 Å². The quantitative estimate of drug-likeness (QED) is 0.571. The molecule has 0 bridgehead atoms. The molecule has 144 valence electrons. The van der Waals surface area contributed by atoms with Gasteiger partial charge in [-0.3, -0.25) is 9.59 Å². The average Bonchev–Trinajstić information content (AvgIpc) is 3.18. The first-order valence-electron chi connectivity index (χ1n) is 8.82. The highest BCUT2D eigenvalue weighted by Crippen LogP contribution is 2.29. The van der Waals surface area contributed by atoms with Crippen LogP contribution in [0.5, 0.6) is 0 Å². The zero-order chi connectivity index (χ0) is 20.1. The molecule has 0 fully saturated rings. The summed E-state index contributed by atoms with van der Waals surface area (Å²) >= 11 is 2.96. The van der Waals surface area contributed by atoms with Gasteiger partial charge in [0.15, 0.2) is 0 Å². The number of carbonyl (C=O) groups excluding carboxylic acids is 2. The van der Waals surface area contributed by atoms with Gasteiger partial charge in [0.05, 0.1) is 17.1 Å². The minimum atomic E-state index is -0.217. The monoisotopic (exact) mass is 410 g/mol. The predicted octanol–water partition coefficient (Wildman–Crippen LogP) is 5.16. The Morgan fingerprint density at radius 2 is 1.79 bits per heavy atom. The number of benzene rings is 2. The van der Waals surface area contributed by atoms with Gasteiger partial charge in [-0.2, -0.15) is 0 Å². The Hall–Kier alpha value is -2.57. The van der Waals surface area contributed by atoms with Crippen LogP contribution in [0.25, 0.3) is 11.1 Å². The number of nitrogens with one attached hydrogen (secondary N) is 1. The first kappa shape index (κ1) is 20.2. The molecule has 1 heterocycles. The molecule has 28 heavy (non-hydrogen) atoms. The molecule has 1 aromatic heterocycles. The second-order valence-corrected chi connectivity index (χ2v) is 8.20. The van der Waals surface area contributed by atoms with Gasteiger partial charge in [0.2, 0.25) is 5.91 Å². The molecule has 6 heteroatoms. The SMILES string of the molecule is CSc1ccccc1NC(=O)CN(C)C(=O)c1sccc1-c1ccc(C)cc1. The molecule has 0 aliphatic heterocycles. The Morgan fingerprint density at radius 3 is 2.50 bits per heavy atom. The van der Waals surface area contributed by atoms with Crippen molar-refractivity contribution >= 4 is 40.6 Å². The van der Waals surface area contributed by atoms with Crippen LogP contribution in [0.4, 0.5) is 5.69 Å². The van der Waals surface area contributed by atoms with Crippen molar-refractivity contribution in [3.8, 4) is 11.1 Å². The van der Waals surface area contributed by atoms with Gasteiger partial charge >= 0.3 is 0 Å². The Balaban J connectivity index is 1.71. The van der Waals surface area contributed by atoms with E-state index in [0.717, 1.165) is 21.7 Å². The lowest BCUT2D eigenvalue weighted by molar-refractivity contribution is -0.116. The normalized spacial score (nSPS) is 10.5. The summed E-state index contributed by atoms with van der Waals surface area (Å²) in [6, 6.07) is 17.7. The van der Waals surface area contributed by atoms with E-state index in [-0.39, 0.29) is 18.4 Å². The van der Waals surface area contributed by atoms with E-state index in [1.165, 1.54) is 21.8 Å². The number of rotatable bonds is 6. The minimum absolute atomic E-state index is 0.00716. The number of hydrogen-bond donors (Lipinski definition) is 1. The number of thiophene rings is 1. The number of nitrogens with zero attached hydrogens (tertiary/aromatic N) is 1. The average molecular weight is 411 g/mol. The molecule has 0 saturated carbocycles. The fraction of sp³-hybridized carbons (Fsp3) is 0.182. The van der Waals surface area contributed by atoms with Crippen molar-refractivity contribution in [2.45, 2.75) is 11.8 Å². The third kappa shape index (κ3) is 4.64. The van der Waals surface area contributed by atoms with Gasteiger partial charge in [-0.05, 0) is 42.3 Å². The fourth-order valence-corrected chi connectivity index (χ4v) is 4.30. The molecule has 3 rings (SSSR count). The first-order chi connectivity index (χ1) is 13.5. The molecule has 3 aromatic rings. The molecular weight excluding hydrogens is 388 g/mol. The van der Waals surface area contributed by atoms with Crippen LogP contribution in [0.1, 0.15) is 15.2 Å². The van der Waals surface area contributed by atoms with E-state index in [2.05, 4.69) is 5.32 Å². The lowest BCUT2D eigenvalue weighted by Gasteiger charge is -2.17. The second-order valence-electron chi connectivity index (χ2n) is 6.44. The van der Waals surface area contributed by atoms with Crippen molar-refractivity contribution in [1.29, 1.82) is 0 Å². The summed E-state index contributed by atoms with van der Waals surface area (Å²) in [7, 11) is 1.65. The summed E-state index contributed by atoms with van der Waals surface area (Å²) < 4.78 is 0. The number of aryl methyl sites for hydroxylation is 1. The van der Waals surface area contributed by atoms with Crippen LogP contribution in [0.2, 0.25) is 0 Å². The molecule has 0 spiro atoms. The summed E-state index contributed by atoms with van der Waals surface area (Å²) in [5.74, 6) is -0.371. The van der Waals surface area contributed by atoms with E-state index < -0.39 is 0 Å². The van der Waals surface area contributed by atoms with Gasteiger partial charge in [-0.1, -0.05) is 42.0 Å². The van der Waals surface area contributed by atoms with Gasteiger partial charge in [-0.15, -0.1) is 23.1 Å². The van der Waals surface area contributed by atoms with E-state index in [9.17, 15) is 9.59 Å². The highest BCUT2D eigenvalue weighted by atomic mass is 32.2. The Kier molecular flexibility index (Phi) is 6.54. The van der Waals surface area contributed by atoms with Gasteiger partial charge < -0.3 is 10.2 Å². The lowest BCUT2D eigenvalue weighted by atomic mass is 10.0. The van der Waals surface area contributed by atoms with Crippen molar-refractivity contribution < 1.29 is 9.59 Å². The summed E-state index contributed by atoms with van der Waals surface area (Å²) in [5.41, 5.74) is 3.83. The number of hydrogen-bond acceptors (Lipinski definition) is 4. The standard InChI is InChI=1S/C22H22N2O2S2/c1-15-8-10-16(11-9-15)17-12-13-28-21(17)22(26)24(2)14-20(25)23-18-6-4-5-7-19(18)27-3/h4-13H,14H2,1-3H3,(H,23,25). The smallest absolute Gasteiger partial charge is 0.264 e. The molecule has 0 radical (unpaired) electrons. The van der Waals surface area contributed by atoms with Crippen molar-refractivity contribution in [1.82, 2.24) is 4.90 Å². The summed E-state index contributed by atoms with van der Waals surface area (Å²) in [6.45, 7) is 2.03. The van der Waals surface area contributed by atoms with Crippen LogP contribution in [0.3, 0.4) is 0 Å². The lowest BCUT2D eigenvalue weighted by Crippen LogP contribution is -2.34. The minimum Gasteiger partial charge on any atom is -0.332 e. The first-order valence-corrected chi connectivity index (χ1v) is 10.9. The van der Waals surface area contributed by atoms with Crippen LogP contribution in [0, 0.1) is 6.92 Å². The number of amides is 2. The molecule has 0 unspecified atom stereocenters. The predicted molar refractivity (Wildman–Crippen MR) is 118 cm³/mol. The highest BCUT2D eigenvalue weighted by molar-refractivity contribution is 7.98. The van der Waals surface area contributed by atoms with Crippen LogP contribution < -0.4 is 5.32 Å². The summed E-state index contributed by atoms with van der Waals surface area (Å²) in [4.78, 5) is 28.5. The Morgan fingerprint density at radius 1 is 1.07 bits per heavy atom. The van der Waals surface area contributed by atoms with Crippen LogP contribution in [-0.4, -0.2) is 36.6 Å². The number of anilines is 1. The van der Waals surface area contributed by atoms with Crippen molar-refractivity contribution in [3.63, 3.8) is 0 Å². The number of thioether (sulfide) groups is 1. The van der Waals surface area contributed by atoms with Crippen LogP contribution in [0.15, 0.2) is 64.9 Å². The zero-order valence-corrected chi connectivity index (χ0v) is 17.7. The molecule has 0 aliphatic rings. The summed E-state index contributed by atoms with van der Waals surface area (Å²) in [6.07, 6.45) is 1.96. The van der Waals surface area contributed by atoms with Gasteiger partial charge in [-0.25, -0.2) is 0 Å². The summed E-state index contributed by atoms with van der Waals surface area (Å²) in [5, 5.41) is 4.80. The third-order valence-electron chi connectivity index (χ3n) is 4.33. The highest BCUT2D eigenvalue weighted by Gasteiger charge is 2.20. The molecule has 4 nitrogen and oxygen atoms in total. The van der Waals surface area contributed by atoms with Crippen molar-refractivity contribution in [3.05, 3.63) is 70.4 Å². The zero-order valence-electron chi connectivity index (χ0n) is 16.1. The van der Waals surface area contributed by atoms with E-state index in [1.54, 1.807) is 18.8 Å². The largest absolute Gasteiger partial charge is 0.332 e. The molecule has 1 N–H and O–H groups in total. The number of para-hydroxylation sites is 1. The second kappa shape index (κ2) is 9.08. The maximum Gasteiger partial charge on any atom is 0.264 e. The fourth-order valence-electron chi connectivity index (χ4n) is 2.83. The maximum atomic E-state index is 12.9. The van der Waals surface area contributed by atoms with Crippen LogP contribution in [-0.2, 0) is 4.79 Å². The topological polar surface area (TPSA) is 49.4 Å². The van der Waals surface area contributed by atoms with Gasteiger partial charge in [0, 0.05) is 17.5 Å². The van der Waals surface area contributed by atoms with Crippen LogP contribution >= 0.6 is 23.1 Å². The van der Waals surface area contributed by atoms with E-state index in [0.29, 0.717) is 4.88 Å². The number of carbonyl (C=O) groups is 2. The van der Waals surface area contributed by atoms with E-state index >= 15 is 0 Å². The Labute approximate surface area is 173 Å². The molecular formula is C22H22N2O2S2. The van der Waals surface area contributed by atoms with Crippen molar-refractivity contribution in [2.24, 2.45) is 0 Å². The Bertz CT molecular complexity index is 980. The molecule has 0 atom stereocenters. The molecule has 2 aromatic carbocycles. The van der Waals surface area contributed by atoms with Crippen molar-refractivity contribution in [2.75, 3.05) is 25.2 Å². The molecule has 2 amide bonds. The molecule has 0 aliphatic carbocycles. The number of likely N-dealkylation sites (N-methyl/N-ethyl adjacent to an activating group) is 1. The molecule has 0 saturated heterocycles. The van der Waals surface area contributed by atoms with Gasteiger partial charge in [0.1, 0.15) is 0 Å². The maximum absolute atomic E-state index is 12.9. The van der Waals surface area contributed by atoms with E-state index in [1.807, 2.05) is 73.2 Å². The van der Waals surface area contributed by atoms with Gasteiger partial charge in [0.25, 0.3) is 5.91 Å². The third-order valence-corrected chi connectivity index (χ3v) is 6.03.